The number of hydrogen-bond acceptors (Lipinski definition) is 7. The average Bonchev–Trinajstić information content (AvgIpc) is 2.85. The van der Waals surface area contributed by atoms with Crippen molar-refractivity contribution < 1.29 is 14.3 Å². The molecular weight excluding hydrogens is 406 g/mol. The van der Waals surface area contributed by atoms with Gasteiger partial charge in [-0.3, -0.25) is 4.79 Å². The molecular formula is C24H25N5O3. The van der Waals surface area contributed by atoms with Gasteiger partial charge in [0.1, 0.15) is 5.75 Å². The Kier molecular flexibility index (Phi) is 5.85. The number of rotatable bonds is 5. The third-order valence-corrected chi connectivity index (χ3v) is 5.65. The highest BCUT2D eigenvalue weighted by Gasteiger charge is 2.25. The van der Waals surface area contributed by atoms with Crippen molar-refractivity contribution in [3.63, 3.8) is 0 Å². The molecule has 0 radical (unpaired) electrons. The molecule has 1 saturated heterocycles. The summed E-state index contributed by atoms with van der Waals surface area (Å²) in [6.45, 7) is 3.12. The van der Waals surface area contributed by atoms with Gasteiger partial charge in [-0.15, -0.1) is 5.10 Å². The lowest BCUT2D eigenvalue weighted by Crippen LogP contribution is -2.36. The van der Waals surface area contributed by atoms with Gasteiger partial charge < -0.3 is 25.0 Å². The minimum Gasteiger partial charge on any atom is -0.480 e. The summed E-state index contributed by atoms with van der Waals surface area (Å²) >= 11 is 0. The molecule has 32 heavy (non-hydrogen) atoms. The Morgan fingerprint density at radius 2 is 1.81 bits per heavy atom. The van der Waals surface area contributed by atoms with Crippen LogP contribution >= 0.6 is 0 Å². The summed E-state index contributed by atoms with van der Waals surface area (Å²) in [6.07, 6.45) is 2.78. The van der Waals surface area contributed by atoms with E-state index < -0.39 is 6.10 Å². The first kappa shape index (κ1) is 20.3. The molecule has 164 valence electrons. The summed E-state index contributed by atoms with van der Waals surface area (Å²) in [5.74, 6) is 1.32. The number of ether oxygens (including phenoxy) is 2. The third kappa shape index (κ3) is 4.65. The van der Waals surface area contributed by atoms with Crippen LogP contribution in [-0.2, 0) is 16.0 Å². The summed E-state index contributed by atoms with van der Waals surface area (Å²) in [7, 11) is 0. The summed E-state index contributed by atoms with van der Waals surface area (Å²) in [5, 5.41) is 14.5. The molecule has 3 aromatic rings. The lowest BCUT2D eigenvalue weighted by atomic mass is 10.0. The number of nitrogens with zero attached hydrogens (tertiary/aromatic N) is 3. The van der Waals surface area contributed by atoms with Crippen molar-refractivity contribution in [1.29, 1.82) is 0 Å². The van der Waals surface area contributed by atoms with E-state index in [4.69, 9.17) is 9.47 Å². The van der Waals surface area contributed by atoms with Crippen LogP contribution in [0.3, 0.4) is 0 Å². The van der Waals surface area contributed by atoms with Gasteiger partial charge in [0.2, 0.25) is 0 Å². The Morgan fingerprint density at radius 3 is 2.66 bits per heavy atom. The Morgan fingerprint density at radius 1 is 1.03 bits per heavy atom. The molecule has 3 heterocycles. The highest BCUT2D eigenvalue weighted by molar-refractivity contribution is 5.94. The first-order valence-electron chi connectivity index (χ1n) is 10.8. The van der Waals surface area contributed by atoms with Crippen LogP contribution in [0, 0.1) is 0 Å². The molecule has 1 atom stereocenters. The van der Waals surface area contributed by atoms with Gasteiger partial charge in [0.15, 0.2) is 11.9 Å². The largest absolute Gasteiger partial charge is 0.480 e. The molecule has 0 bridgehead atoms. The number of morpholine rings is 1. The van der Waals surface area contributed by atoms with E-state index in [2.05, 4.69) is 25.7 Å². The van der Waals surface area contributed by atoms with Crippen molar-refractivity contribution in [3.8, 4) is 5.75 Å². The summed E-state index contributed by atoms with van der Waals surface area (Å²) in [5.41, 5.74) is 3.74. The molecule has 0 spiro atoms. The zero-order valence-electron chi connectivity index (χ0n) is 17.7. The van der Waals surface area contributed by atoms with Crippen molar-refractivity contribution in [2.24, 2.45) is 0 Å². The molecule has 0 saturated carbocycles. The van der Waals surface area contributed by atoms with Crippen molar-refractivity contribution in [2.45, 2.75) is 18.9 Å². The first-order chi connectivity index (χ1) is 15.7. The fourth-order valence-corrected chi connectivity index (χ4v) is 3.93. The second-order valence-electron chi connectivity index (χ2n) is 7.84. The molecule has 2 N–H and O–H groups in total. The van der Waals surface area contributed by atoms with Gasteiger partial charge in [0, 0.05) is 30.5 Å². The zero-order chi connectivity index (χ0) is 21.8. The lowest BCUT2D eigenvalue weighted by Gasteiger charge is -2.28. The van der Waals surface area contributed by atoms with E-state index in [1.165, 1.54) is 0 Å². The predicted molar refractivity (Wildman–Crippen MR) is 123 cm³/mol. The molecule has 1 fully saturated rings. The van der Waals surface area contributed by atoms with E-state index >= 15 is 0 Å². The number of amides is 1. The van der Waals surface area contributed by atoms with E-state index in [1.54, 1.807) is 6.20 Å². The molecule has 2 aliphatic rings. The Balaban J connectivity index is 1.19. The summed E-state index contributed by atoms with van der Waals surface area (Å²) < 4.78 is 11.3. The van der Waals surface area contributed by atoms with Gasteiger partial charge in [-0.2, -0.15) is 5.10 Å². The van der Waals surface area contributed by atoms with Gasteiger partial charge in [-0.05, 0) is 48.7 Å². The topological polar surface area (TPSA) is 88.6 Å². The van der Waals surface area contributed by atoms with Crippen molar-refractivity contribution in [2.75, 3.05) is 41.8 Å². The van der Waals surface area contributed by atoms with Crippen LogP contribution in [0.2, 0.25) is 0 Å². The highest BCUT2D eigenvalue weighted by atomic mass is 16.5. The van der Waals surface area contributed by atoms with Crippen LogP contribution in [0.15, 0.2) is 60.8 Å². The van der Waals surface area contributed by atoms with Crippen LogP contribution in [0.25, 0.3) is 0 Å². The number of para-hydroxylation sites is 1. The van der Waals surface area contributed by atoms with Gasteiger partial charge >= 0.3 is 0 Å². The Hall–Kier alpha value is -3.65. The number of hydrogen-bond donors (Lipinski definition) is 2. The zero-order valence-corrected chi connectivity index (χ0v) is 17.7. The molecule has 8 heteroatoms. The first-order valence-corrected chi connectivity index (χ1v) is 10.8. The number of fused-ring (bicyclic) bond motifs is 1. The second-order valence-corrected chi connectivity index (χ2v) is 7.84. The number of carbonyl (C=O) groups is 1. The fraction of sp³-hybridized carbons (Fsp3) is 0.292. The van der Waals surface area contributed by atoms with Gasteiger partial charge in [-0.1, -0.05) is 18.2 Å². The van der Waals surface area contributed by atoms with Crippen molar-refractivity contribution in [1.82, 2.24) is 10.2 Å². The number of benzene rings is 2. The van der Waals surface area contributed by atoms with Crippen LogP contribution in [0.5, 0.6) is 5.75 Å². The van der Waals surface area contributed by atoms with E-state index in [9.17, 15) is 4.79 Å². The second kappa shape index (κ2) is 9.23. The molecule has 8 nitrogen and oxygen atoms in total. The van der Waals surface area contributed by atoms with Crippen LogP contribution in [-0.4, -0.2) is 48.5 Å². The lowest BCUT2D eigenvalue weighted by molar-refractivity contribution is -0.123. The van der Waals surface area contributed by atoms with Crippen molar-refractivity contribution in [3.05, 3.63) is 66.4 Å². The highest BCUT2D eigenvalue weighted by Crippen LogP contribution is 2.28. The van der Waals surface area contributed by atoms with Gasteiger partial charge in [0.25, 0.3) is 5.91 Å². The standard InChI is InChI=1S/C24H25N5O3/c30-24(22-10-5-17-3-1-2-4-21(17)32-22)27-19-8-6-18(7-9-19)26-23-15-20(16-25-28-23)29-11-13-31-14-12-29/h1-4,6-9,15-16,22H,5,10-14H2,(H,26,28)(H,27,30). The number of carbonyl (C=O) groups excluding carboxylic acids is 1. The van der Waals surface area contributed by atoms with Gasteiger partial charge in [0.05, 0.1) is 25.1 Å². The molecule has 1 amide bonds. The normalized spacial score (nSPS) is 17.8. The maximum Gasteiger partial charge on any atom is 0.265 e. The van der Waals surface area contributed by atoms with E-state index in [0.717, 1.165) is 61.1 Å². The summed E-state index contributed by atoms with van der Waals surface area (Å²) in [6, 6.07) is 17.3. The maximum absolute atomic E-state index is 12.7. The van der Waals surface area contributed by atoms with E-state index in [1.807, 2.05) is 54.6 Å². The number of aryl methyl sites for hydroxylation is 1. The fourth-order valence-electron chi connectivity index (χ4n) is 3.93. The number of aromatic nitrogens is 2. The quantitative estimate of drug-likeness (QED) is 0.640. The van der Waals surface area contributed by atoms with Crippen LogP contribution in [0.1, 0.15) is 12.0 Å². The molecule has 2 aliphatic heterocycles. The van der Waals surface area contributed by atoms with E-state index in [0.29, 0.717) is 12.2 Å². The van der Waals surface area contributed by atoms with Gasteiger partial charge in [-0.25, -0.2) is 0 Å². The predicted octanol–water partition coefficient (Wildman–Crippen LogP) is 3.39. The minimum absolute atomic E-state index is 0.135. The maximum atomic E-state index is 12.7. The smallest absolute Gasteiger partial charge is 0.265 e. The molecule has 1 unspecified atom stereocenters. The molecule has 5 rings (SSSR count). The van der Waals surface area contributed by atoms with Crippen LogP contribution < -0.4 is 20.3 Å². The number of anilines is 4. The molecule has 0 aliphatic carbocycles. The summed E-state index contributed by atoms with van der Waals surface area (Å²) in [4.78, 5) is 14.9. The third-order valence-electron chi connectivity index (χ3n) is 5.65. The molecule has 1 aromatic heterocycles. The van der Waals surface area contributed by atoms with Crippen molar-refractivity contribution >= 4 is 28.8 Å². The monoisotopic (exact) mass is 431 g/mol. The molecule has 2 aromatic carbocycles. The Bertz CT molecular complexity index is 1080. The minimum atomic E-state index is -0.485. The average molecular weight is 431 g/mol. The Labute approximate surface area is 186 Å². The van der Waals surface area contributed by atoms with Crippen LogP contribution in [0.4, 0.5) is 22.9 Å². The SMILES string of the molecule is O=C(Nc1ccc(Nc2cc(N3CCOCC3)cnn2)cc1)C1CCc2ccccc2O1. The van der Waals surface area contributed by atoms with E-state index in [-0.39, 0.29) is 5.91 Å². The number of nitrogens with one attached hydrogen (secondary N) is 2.